The highest BCUT2D eigenvalue weighted by Crippen LogP contribution is 2.18. The molecule has 124 valence electrons. The first-order chi connectivity index (χ1) is 11.6. The van der Waals surface area contributed by atoms with Crippen molar-refractivity contribution in [1.29, 1.82) is 0 Å². The molecule has 0 saturated heterocycles. The molecule has 1 heterocycles. The molecule has 0 spiro atoms. The van der Waals surface area contributed by atoms with Gasteiger partial charge in [-0.05, 0) is 36.1 Å². The summed E-state index contributed by atoms with van der Waals surface area (Å²) in [5, 5.41) is 2.99. The summed E-state index contributed by atoms with van der Waals surface area (Å²) in [6, 6.07) is 16.1. The van der Waals surface area contributed by atoms with Gasteiger partial charge in [-0.15, -0.1) is 0 Å². The molecule has 4 heteroatoms. The number of oxazole rings is 1. The number of aromatic nitrogens is 1. The third-order valence-corrected chi connectivity index (χ3v) is 4.13. The fraction of sp³-hybridized carbons (Fsp3) is 0.300. The average Bonchev–Trinajstić information content (AvgIpc) is 3.00. The molecule has 1 N–H and O–H groups in total. The third kappa shape index (κ3) is 4.02. The van der Waals surface area contributed by atoms with Gasteiger partial charge in [0.15, 0.2) is 11.5 Å². The van der Waals surface area contributed by atoms with E-state index in [4.69, 9.17) is 4.42 Å². The number of fused-ring (bicyclic) bond motifs is 1. The zero-order valence-corrected chi connectivity index (χ0v) is 14.1. The Balaban J connectivity index is 1.49. The average molecular weight is 322 g/mol. The summed E-state index contributed by atoms with van der Waals surface area (Å²) in [4.78, 5) is 16.5. The maximum absolute atomic E-state index is 12.0. The maximum Gasteiger partial charge on any atom is 0.220 e. The van der Waals surface area contributed by atoms with E-state index in [9.17, 15) is 4.79 Å². The van der Waals surface area contributed by atoms with E-state index in [1.165, 1.54) is 5.56 Å². The molecule has 0 aliphatic rings. The zero-order chi connectivity index (χ0) is 16.9. The van der Waals surface area contributed by atoms with Gasteiger partial charge in [-0.2, -0.15) is 0 Å². The van der Waals surface area contributed by atoms with Crippen molar-refractivity contribution in [1.82, 2.24) is 10.3 Å². The molecular formula is C20H22N2O2. The van der Waals surface area contributed by atoms with Crippen molar-refractivity contribution in [2.75, 3.05) is 6.54 Å². The van der Waals surface area contributed by atoms with Crippen LogP contribution in [-0.4, -0.2) is 17.4 Å². The quantitative estimate of drug-likeness (QED) is 0.746. The van der Waals surface area contributed by atoms with E-state index in [0.29, 0.717) is 31.2 Å². The first-order valence-electron chi connectivity index (χ1n) is 8.29. The van der Waals surface area contributed by atoms with Gasteiger partial charge in [-0.25, -0.2) is 4.98 Å². The van der Waals surface area contributed by atoms with Crippen LogP contribution in [0.25, 0.3) is 11.1 Å². The Labute approximate surface area is 141 Å². The molecule has 0 radical (unpaired) electrons. The molecule has 0 aliphatic heterocycles. The second-order valence-electron chi connectivity index (χ2n) is 6.19. The second kappa shape index (κ2) is 7.30. The number of aryl methyl sites for hydroxylation is 2. The van der Waals surface area contributed by atoms with Crippen LogP contribution in [0.1, 0.15) is 36.3 Å². The molecule has 4 nitrogen and oxygen atoms in total. The molecule has 0 aliphatic carbocycles. The lowest BCUT2D eigenvalue weighted by Gasteiger charge is -2.12. The van der Waals surface area contributed by atoms with Gasteiger partial charge in [0.1, 0.15) is 5.52 Å². The van der Waals surface area contributed by atoms with Crippen molar-refractivity contribution >= 4 is 17.0 Å². The van der Waals surface area contributed by atoms with Crippen LogP contribution in [-0.2, 0) is 11.2 Å². The number of hydrogen-bond donors (Lipinski definition) is 1. The predicted molar refractivity (Wildman–Crippen MR) is 94.9 cm³/mol. The Morgan fingerprint density at radius 1 is 1.21 bits per heavy atom. The maximum atomic E-state index is 12.0. The first kappa shape index (κ1) is 16.2. The molecule has 0 unspecified atom stereocenters. The Hall–Kier alpha value is -2.62. The summed E-state index contributed by atoms with van der Waals surface area (Å²) >= 11 is 0. The number of rotatable bonds is 6. The normalized spacial score (nSPS) is 12.2. The Morgan fingerprint density at radius 2 is 2.00 bits per heavy atom. The van der Waals surface area contributed by atoms with Gasteiger partial charge in [-0.3, -0.25) is 4.79 Å². The minimum atomic E-state index is 0.0243. The SMILES string of the molecule is Cc1ccc2oc(CCC(=O)NC[C@H](C)c3ccccc3)nc2c1. The van der Waals surface area contributed by atoms with E-state index in [1.54, 1.807) is 0 Å². The lowest BCUT2D eigenvalue weighted by atomic mass is 10.0. The Morgan fingerprint density at radius 3 is 2.79 bits per heavy atom. The molecule has 0 saturated carbocycles. The van der Waals surface area contributed by atoms with Crippen LogP contribution in [0, 0.1) is 6.92 Å². The van der Waals surface area contributed by atoms with Gasteiger partial charge in [0.25, 0.3) is 0 Å². The van der Waals surface area contributed by atoms with Crippen molar-refractivity contribution in [3.05, 3.63) is 65.5 Å². The van der Waals surface area contributed by atoms with Crippen LogP contribution < -0.4 is 5.32 Å². The summed E-state index contributed by atoms with van der Waals surface area (Å²) in [6.45, 7) is 4.77. The highest BCUT2D eigenvalue weighted by Gasteiger charge is 2.10. The van der Waals surface area contributed by atoms with Crippen molar-refractivity contribution in [3.8, 4) is 0 Å². The Bertz CT molecular complexity index is 824. The molecule has 1 atom stereocenters. The van der Waals surface area contributed by atoms with Crippen LogP contribution in [0.2, 0.25) is 0 Å². The number of carbonyl (C=O) groups is 1. The Kier molecular flexibility index (Phi) is 4.94. The van der Waals surface area contributed by atoms with Crippen molar-refractivity contribution in [2.45, 2.75) is 32.6 Å². The minimum Gasteiger partial charge on any atom is -0.441 e. The smallest absolute Gasteiger partial charge is 0.220 e. The number of nitrogens with one attached hydrogen (secondary N) is 1. The molecule has 1 aromatic heterocycles. The molecule has 3 aromatic rings. The van der Waals surface area contributed by atoms with Gasteiger partial charge in [-0.1, -0.05) is 43.3 Å². The fourth-order valence-corrected chi connectivity index (χ4v) is 2.67. The van der Waals surface area contributed by atoms with Crippen molar-refractivity contribution in [2.24, 2.45) is 0 Å². The lowest BCUT2D eigenvalue weighted by molar-refractivity contribution is -0.121. The number of carbonyl (C=O) groups excluding carboxylic acids is 1. The van der Waals surface area contributed by atoms with Gasteiger partial charge in [0.05, 0.1) is 0 Å². The number of hydrogen-bond acceptors (Lipinski definition) is 3. The zero-order valence-electron chi connectivity index (χ0n) is 14.1. The molecule has 2 aromatic carbocycles. The molecule has 1 amide bonds. The monoisotopic (exact) mass is 322 g/mol. The number of nitrogens with zero attached hydrogens (tertiary/aromatic N) is 1. The highest BCUT2D eigenvalue weighted by atomic mass is 16.3. The lowest BCUT2D eigenvalue weighted by Crippen LogP contribution is -2.27. The molecular weight excluding hydrogens is 300 g/mol. The van der Waals surface area contributed by atoms with E-state index < -0.39 is 0 Å². The van der Waals surface area contributed by atoms with Crippen LogP contribution >= 0.6 is 0 Å². The van der Waals surface area contributed by atoms with Gasteiger partial charge < -0.3 is 9.73 Å². The molecule has 0 fully saturated rings. The van der Waals surface area contributed by atoms with Crippen molar-refractivity contribution in [3.63, 3.8) is 0 Å². The largest absolute Gasteiger partial charge is 0.441 e. The molecule has 0 bridgehead atoms. The van der Waals surface area contributed by atoms with Crippen LogP contribution in [0.4, 0.5) is 0 Å². The fourth-order valence-electron chi connectivity index (χ4n) is 2.67. The van der Waals surface area contributed by atoms with Crippen LogP contribution in [0.3, 0.4) is 0 Å². The van der Waals surface area contributed by atoms with E-state index in [-0.39, 0.29) is 5.91 Å². The second-order valence-corrected chi connectivity index (χ2v) is 6.19. The summed E-state index contributed by atoms with van der Waals surface area (Å²) < 4.78 is 5.68. The van der Waals surface area contributed by atoms with Gasteiger partial charge >= 0.3 is 0 Å². The van der Waals surface area contributed by atoms with E-state index >= 15 is 0 Å². The molecule has 3 rings (SSSR count). The summed E-state index contributed by atoms with van der Waals surface area (Å²) in [7, 11) is 0. The first-order valence-corrected chi connectivity index (χ1v) is 8.29. The molecule has 24 heavy (non-hydrogen) atoms. The third-order valence-electron chi connectivity index (χ3n) is 4.13. The van der Waals surface area contributed by atoms with E-state index in [2.05, 4.69) is 29.4 Å². The highest BCUT2D eigenvalue weighted by molar-refractivity contribution is 5.76. The van der Waals surface area contributed by atoms with E-state index in [0.717, 1.165) is 16.7 Å². The van der Waals surface area contributed by atoms with Crippen LogP contribution in [0.5, 0.6) is 0 Å². The van der Waals surface area contributed by atoms with Gasteiger partial charge in [0, 0.05) is 19.4 Å². The minimum absolute atomic E-state index is 0.0243. The standard InChI is InChI=1S/C20H22N2O2/c1-14-8-9-18-17(12-14)22-20(24-18)11-10-19(23)21-13-15(2)16-6-4-3-5-7-16/h3-9,12,15H,10-11,13H2,1-2H3,(H,21,23)/t15-/m0/s1. The summed E-state index contributed by atoms with van der Waals surface area (Å²) in [6.07, 6.45) is 0.895. The topological polar surface area (TPSA) is 55.1 Å². The predicted octanol–water partition coefficient (Wildman–Crippen LogP) is 3.99. The summed E-state index contributed by atoms with van der Waals surface area (Å²) in [5.74, 6) is 0.931. The van der Waals surface area contributed by atoms with Crippen molar-refractivity contribution < 1.29 is 9.21 Å². The van der Waals surface area contributed by atoms with Crippen LogP contribution in [0.15, 0.2) is 52.9 Å². The number of benzene rings is 2. The van der Waals surface area contributed by atoms with Gasteiger partial charge in [0.2, 0.25) is 5.91 Å². The number of amides is 1. The summed E-state index contributed by atoms with van der Waals surface area (Å²) in [5.41, 5.74) is 4.00. The van der Waals surface area contributed by atoms with E-state index in [1.807, 2.05) is 43.3 Å².